The molecular formula is C27H33N5O3S. The molecule has 190 valence electrons. The van der Waals surface area contributed by atoms with Crippen LogP contribution in [0, 0.1) is 0 Å². The minimum Gasteiger partial charge on any atom is -0.465 e. The fourth-order valence-corrected chi connectivity index (χ4v) is 5.39. The van der Waals surface area contributed by atoms with Crippen LogP contribution in [0.3, 0.4) is 0 Å². The first-order chi connectivity index (χ1) is 17.5. The third-order valence-corrected chi connectivity index (χ3v) is 7.36. The molecule has 3 aromatic rings. The van der Waals surface area contributed by atoms with Crippen molar-refractivity contribution in [3.63, 3.8) is 0 Å². The highest BCUT2D eigenvalue weighted by molar-refractivity contribution is 7.09. The molecule has 2 amide bonds. The van der Waals surface area contributed by atoms with E-state index >= 15 is 0 Å². The topological polar surface area (TPSA) is 89.0 Å². The van der Waals surface area contributed by atoms with Crippen LogP contribution in [0.2, 0.25) is 0 Å². The fourth-order valence-electron chi connectivity index (χ4n) is 4.73. The summed E-state index contributed by atoms with van der Waals surface area (Å²) in [6.45, 7) is 9.75. The van der Waals surface area contributed by atoms with E-state index in [0.29, 0.717) is 24.3 Å². The summed E-state index contributed by atoms with van der Waals surface area (Å²) < 4.78 is 0. The minimum absolute atomic E-state index is 0.0338. The van der Waals surface area contributed by atoms with Gasteiger partial charge in [0.05, 0.1) is 12.6 Å². The van der Waals surface area contributed by atoms with Crippen LogP contribution in [0.15, 0.2) is 60.1 Å². The van der Waals surface area contributed by atoms with E-state index in [1.807, 2.05) is 72.8 Å². The molecule has 0 saturated carbocycles. The number of carbonyl (C=O) groups is 2. The number of carboxylic acid groups (broad SMARTS) is 1. The lowest BCUT2D eigenvalue weighted by atomic mass is 9.95. The third kappa shape index (κ3) is 6.29. The molecule has 1 fully saturated rings. The van der Waals surface area contributed by atoms with Crippen LogP contribution in [0.25, 0.3) is 0 Å². The van der Waals surface area contributed by atoms with Crippen molar-refractivity contribution in [2.75, 3.05) is 44.6 Å². The summed E-state index contributed by atoms with van der Waals surface area (Å²) in [5.74, 6) is 0.0338. The Morgan fingerprint density at radius 1 is 1.06 bits per heavy atom. The van der Waals surface area contributed by atoms with Crippen molar-refractivity contribution in [1.82, 2.24) is 19.7 Å². The van der Waals surface area contributed by atoms with Gasteiger partial charge in [0.2, 0.25) is 0 Å². The van der Waals surface area contributed by atoms with Crippen LogP contribution < -0.4 is 5.32 Å². The number of aromatic nitrogens is 1. The van der Waals surface area contributed by atoms with Crippen molar-refractivity contribution in [3.05, 3.63) is 81.8 Å². The Morgan fingerprint density at radius 2 is 1.78 bits per heavy atom. The summed E-state index contributed by atoms with van der Waals surface area (Å²) in [5.41, 5.74) is 3.31. The third-order valence-electron chi connectivity index (χ3n) is 6.59. The van der Waals surface area contributed by atoms with Gasteiger partial charge >= 0.3 is 6.09 Å². The quantitative estimate of drug-likeness (QED) is 0.439. The standard InChI is InChI=1S/C27H33N5O3S/c1-3-31(4-2)26(33)21-10-8-20(9-11-21)25(22-6-5-7-23(18-22)29-27(34)35)32-15-13-30(14-16-32)19-24-28-12-17-36-24/h5-12,17-18,25,29H,3-4,13-16,19H2,1-2H3,(H,34,35)/t25-/m0/s1. The molecule has 36 heavy (non-hydrogen) atoms. The Morgan fingerprint density at radius 3 is 2.39 bits per heavy atom. The van der Waals surface area contributed by atoms with Gasteiger partial charge in [-0.05, 0) is 49.2 Å². The van der Waals surface area contributed by atoms with Crippen LogP contribution in [-0.2, 0) is 6.54 Å². The average Bonchev–Trinajstić information content (AvgIpc) is 3.39. The van der Waals surface area contributed by atoms with Gasteiger partial charge in [0, 0.05) is 62.1 Å². The first-order valence-electron chi connectivity index (χ1n) is 12.3. The van der Waals surface area contributed by atoms with Gasteiger partial charge in [-0.1, -0.05) is 24.3 Å². The number of nitrogens with one attached hydrogen (secondary N) is 1. The van der Waals surface area contributed by atoms with E-state index in [1.165, 1.54) is 0 Å². The molecule has 0 spiro atoms. The Bertz CT molecular complexity index is 1140. The van der Waals surface area contributed by atoms with Crippen molar-refractivity contribution >= 4 is 29.0 Å². The van der Waals surface area contributed by atoms with Crippen LogP contribution in [0.4, 0.5) is 10.5 Å². The maximum absolute atomic E-state index is 12.8. The highest BCUT2D eigenvalue weighted by Gasteiger charge is 2.27. The molecule has 8 nitrogen and oxygen atoms in total. The molecule has 4 rings (SSSR count). The Balaban J connectivity index is 1.58. The average molecular weight is 508 g/mol. The van der Waals surface area contributed by atoms with Gasteiger partial charge in [0.25, 0.3) is 5.91 Å². The van der Waals surface area contributed by atoms with E-state index < -0.39 is 6.09 Å². The number of rotatable bonds is 9. The molecule has 1 aromatic heterocycles. The normalized spacial score (nSPS) is 15.4. The van der Waals surface area contributed by atoms with Gasteiger partial charge < -0.3 is 10.0 Å². The summed E-state index contributed by atoms with van der Waals surface area (Å²) >= 11 is 1.68. The zero-order chi connectivity index (χ0) is 25.5. The summed E-state index contributed by atoms with van der Waals surface area (Å²) in [6, 6.07) is 15.4. The fraction of sp³-hybridized carbons (Fsp3) is 0.370. The van der Waals surface area contributed by atoms with Crippen LogP contribution >= 0.6 is 11.3 Å². The molecule has 9 heteroatoms. The Hall–Kier alpha value is -3.27. The number of benzene rings is 2. The van der Waals surface area contributed by atoms with Crippen molar-refractivity contribution < 1.29 is 14.7 Å². The Kier molecular flexibility index (Phi) is 8.69. The predicted octanol–water partition coefficient (Wildman–Crippen LogP) is 4.62. The van der Waals surface area contributed by atoms with Gasteiger partial charge in [-0.25, -0.2) is 9.78 Å². The lowest BCUT2D eigenvalue weighted by Gasteiger charge is -2.39. The zero-order valence-electron chi connectivity index (χ0n) is 20.8. The van der Waals surface area contributed by atoms with Gasteiger partial charge in [-0.2, -0.15) is 0 Å². The summed E-state index contributed by atoms with van der Waals surface area (Å²) in [5, 5.41) is 14.8. The maximum Gasteiger partial charge on any atom is 0.409 e. The van der Waals surface area contributed by atoms with E-state index in [4.69, 9.17) is 0 Å². The van der Waals surface area contributed by atoms with E-state index in [-0.39, 0.29) is 11.9 Å². The summed E-state index contributed by atoms with van der Waals surface area (Å²) in [7, 11) is 0. The number of amides is 2. The van der Waals surface area contributed by atoms with Crippen LogP contribution in [-0.4, -0.2) is 76.1 Å². The number of hydrogen-bond acceptors (Lipinski definition) is 6. The lowest BCUT2D eigenvalue weighted by Crippen LogP contribution is -2.47. The maximum atomic E-state index is 12.8. The van der Waals surface area contributed by atoms with Crippen molar-refractivity contribution in [3.8, 4) is 0 Å². The van der Waals surface area contributed by atoms with Crippen molar-refractivity contribution in [1.29, 1.82) is 0 Å². The molecule has 0 radical (unpaired) electrons. The van der Waals surface area contributed by atoms with Gasteiger partial charge in [0.1, 0.15) is 5.01 Å². The van der Waals surface area contributed by atoms with Crippen molar-refractivity contribution in [2.24, 2.45) is 0 Å². The smallest absolute Gasteiger partial charge is 0.409 e. The molecule has 0 bridgehead atoms. The number of piperazine rings is 1. The highest BCUT2D eigenvalue weighted by atomic mass is 32.1. The first-order valence-corrected chi connectivity index (χ1v) is 13.2. The zero-order valence-corrected chi connectivity index (χ0v) is 21.6. The van der Waals surface area contributed by atoms with Gasteiger partial charge in [-0.3, -0.25) is 19.9 Å². The van der Waals surface area contributed by atoms with Crippen molar-refractivity contribution in [2.45, 2.75) is 26.4 Å². The molecule has 0 aliphatic carbocycles. The molecule has 0 unspecified atom stereocenters. The molecule has 2 heterocycles. The molecular weight excluding hydrogens is 474 g/mol. The van der Waals surface area contributed by atoms with Gasteiger partial charge in [-0.15, -0.1) is 11.3 Å². The molecule has 1 aliphatic heterocycles. The number of anilines is 1. The van der Waals surface area contributed by atoms with Gasteiger partial charge in [0.15, 0.2) is 0 Å². The summed E-state index contributed by atoms with van der Waals surface area (Å²) in [6.07, 6.45) is 0.762. The largest absolute Gasteiger partial charge is 0.465 e. The van der Waals surface area contributed by atoms with E-state index in [9.17, 15) is 14.7 Å². The highest BCUT2D eigenvalue weighted by Crippen LogP contribution is 2.32. The van der Waals surface area contributed by atoms with Crippen LogP contribution in [0.5, 0.6) is 0 Å². The first kappa shape index (κ1) is 25.8. The molecule has 2 N–H and O–H groups in total. The molecule has 1 atom stereocenters. The monoisotopic (exact) mass is 507 g/mol. The Labute approximate surface area is 216 Å². The second-order valence-electron chi connectivity index (χ2n) is 8.80. The minimum atomic E-state index is -1.08. The predicted molar refractivity (Wildman–Crippen MR) is 143 cm³/mol. The molecule has 2 aromatic carbocycles. The number of nitrogens with zero attached hydrogens (tertiary/aromatic N) is 4. The lowest BCUT2D eigenvalue weighted by molar-refractivity contribution is 0.0772. The molecule has 1 aliphatic rings. The van der Waals surface area contributed by atoms with E-state index in [0.717, 1.165) is 48.9 Å². The molecule has 1 saturated heterocycles. The van der Waals surface area contributed by atoms with E-state index in [2.05, 4.69) is 20.1 Å². The SMILES string of the molecule is CCN(CC)C(=O)c1ccc([C@@H](c2cccc(NC(=O)O)c2)N2CCN(Cc3nccs3)CC2)cc1. The second kappa shape index (κ2) is 12.1. The van der Waals surface area contributed by atoms with Crippen LogP contribution in [0.1, 0.15) is 46.4 Å². The number of carbonyl (C=O) groups excluding carboxylic acids is 1. The number of thiazole rings is 1. The van der Waals surface area contributed by atoms with E-state index in [1.54, 1.807) is 17.4 Å². The number of hydrogen-bond donors (Lipinski definition) is 2. The summed E-state index contributed by atoms with van der Waals surface area (Å²) in [4.78, 5) is 35.1. The second-order valence-corrected chi connectivity index (χ2v) is 9.77.